The van der Waals surface area contributed by atoms with Crippen LogP contribution < -0.4 is 0 Å². The lowest BCUT2D eigenvalue weighted by molar-refractivity contribution is -0.161. The molecule has 0 aromatic carbocycles. The number of ether oxygens (including phenoxy) is 1. The van der Waals surface area contributed by atoms with Crippen molar-refractivity contribution in [1.29, 1.82) is 0 Å². The Hall–Kier alpha value is -0.610. The number of fused-ring (bicyclic) bond motifs is 2. The average molecular weight is 281 g/mol. The summed E-state index contributed by atoms with van der Waals surface area (Å²) >= 11 is 0. The van der Waals surface area contributed by atoms with E-state index in [1.165, 1.54) is 6.42 Å². The first kappa shape index (κ1) is 14.3. The molecule has 114 valence electrons. The van der Waals surface area contributed by atoms with E-state index in [9.17, 15) is 9.90 Å². The van der Waals surface area contributed by atoms with Gasteiger partial charge in [0, 0.05) is 18.4 Å². The summed E-state index contributed by atoms with van der Waals surface area (Å²) in [6.45, 7) is 7.49. The smallest absolute Gasteiger partial charge is 0.323 e. The van der Waals surface area contributed by atoms with Crippen LogP contribution in [0.3, 0.4) is 0 Å². The van der Waals surface area contributed by atoms with Gasteiger partial charge in [0.05, 0.1) is 6.10 Å². The van der Waals surface area contributed by atoms with Gasteiger partial charge in [0.15, 0.2) is 0 Å². The third-order valence-electron chi connectivity index (χ3n) is 6.77. The molecule has 2 saturated carbocycles. The van der Waals surface area contributed by atoms with Crippen LogP contribution in [0.2, 0.25) is 0 Å². The van der Waals surface area contributed by atoms with Gasteiger partial charge in [-0.3, -0.25) is 9.69 Å². The molecule has 4 heteroatoms. The molecule has 1 saturated heterocycles. The summed E-state index contributed by atoms with van der Waals surface area (Å²) < 4.78 is 5.89. The topological polar surface area (TPSA) is 49.8 Å². The standard InChI is InChI=1S/C16H27NO3/c1-15(2)10-5-6-16(15,3)13(7-10)20-14(19)12-8-11(18)9-17(12)4/h10-13,18H,5-9H2,1-4H3. The van der Waals surface area contributed by atoms with E-state index in [1.54, 1.807) is 0 Å². The largest absolute Gasteiger partial charge is 0.461 e. The highest BCUT2D eigenvalue weighted by atomic mass is 16.5. The number of hydrogen-bond acceptors (Lipinski definition) is 4. The zero-order valence-corrected chi connectivity index (χ0v) is 13.1. The molecule has 3 aliphatic rings. The van der Waals surface area contributed by atoms with Gasteiger partial charge < -0.3 is 9.84 Å². The van der Waals surface area contributed by atoms with Gasteiger partial charge in [-0.2, -0.15) is 0 Å². The number of aliphatic hydroxyl groups is 1. The van der Waals surface area contributed by atoms with Gasteiger partial charge in [-0.25, -0.2) is 0 Å². The Morgan fingerprint density at radius 3 is 2.45 bits per heavy atom. The van der Waals surface area contributed by atoms with E-state index in [0.29, 0.717) is 18.9 Å². The SMILES string of the molecule is CN1CC(O)CC1C(=O)OC1CC2CCC1(C)C2(C)C. The van der Waals surface area contributed by atoms with Crippen LogP contribution in [0.1, 0.15) is 46.5 Å². The molecule has 20 heavy (non-hydrogen) atoms. The number of carbonyl (C=O) groups is 1. The molecule has 0 aromatic rings. The molecule has 2 aliphatic carbocycles. The van der Waals surface area contributed by atoms with E-state index in [-0.39, 0.29) is 28.9 Å². The quantitative estimate of drug-likeness (QED) is 0.784. The molecule has 3 rings (SSSR count). The minimum absolute atomic E-state index is 0.0508. The summed E-state index contributed by atoms with van der Waals surface area (Å²) in [5.41, 5.74) is 0.377. The molecule has 4 nitrogen and oxygen atoms in total. The normalized spacial score (nSPS) is 46.9. The fourth-order valence-electron chi connectivity index (χ4n) is 4.78. The first-order valence-electron chi connectivity index (χ1n) is 7.84. The minimum Gasteiger partial charge on any atom is -0.461 e. The van der Waals surface area contributed by atoms with Crippen LogP contribution >= 0.6 is 0 Å². The Morgan fingerprint density at radius 2 is 2.00 bits per heavy atom. The number of aliphatic hydroxyl groups excluding tert-OH is 1. The Kier molecular flexibility index (Phi) is 3.18. The number of carbonyl (C=O) groups excluding carboxylic acids is 1. The van der Waals surface area contributed by atoms with Crippen molar-refractivity contribution < 1.29 is 14.6 Å². The first-order chi connectivity index (χ1) is 9.25. The third kappa shape index (κ3) is 1.84. The maximum atomic E-state index is 12.4. The molecule has 0 amide bonds. The minimum atomic E-state index is -0.399. The maximum absolute atomic E-state index is 12.4. The second-order valence-corrected chi connectivity index (χ2v) is 7.88. The van der Waals surface area contributed by atoms with Crippen LogP contribution in [-0.4, -0.2) is 47.8 Å². The molecule has 0 radical (unpaired) electrons. The number of nitrogens with zero attached hydrogens (tertiary/aromatic N) is 1. The summed E-state index contributed by atoms with van der Waals surface area (Å²) in [5.74, 6) is 0.538. The lowest BCUT2D eigenvalue weighted by Gasteiger charge is -2.39. The number of esters is 1. The second kappa shape index (κ2) is 4.44. The highest BCUT2D eigenvalue weighted by molar-refractivity contribution is 5.76. The zero-order valence-electron chi connectivity index (χ0n) is 13.1. The summed E-state index contributed by atoms with van der Waals surface area (Å²) in [4.78, 5) is 14.3. The summed E-state index contributed by atoms with van der Waals surface area (Å²) in [6, 6.07) is -0.268. The summed E-state index contributed by atoms with van der Waals surface area (Å²) in [6.07, 6.45) is 3.59. The number of β-amino-alcohol motifs (C(OH)–C–C–N with tert-alkyl or cyclic N) is 1. The van der Waals surface area contributed by atoms with Gasteiger partial charge in [-0.05, 0) is 37.6 Å². The van der Waals surface area contributed by atoms with Crippen LogP contribution in [-0.2, 0) is 9.53 Å². The van der Waals surface area contributed by atoms with Crippen LogP contribution in [0.15, 0.2) is 0 Å². The van der Waals surface area contributed by atoms with Crippen molar-refractivity contribution in [2.24, 2.45) is 16.7 Å². The van der Waals surface area contributed by atoms with E-state index >= 15 is 0 Å². The van der Waals surface area contributed by atoms with Gasteiger partial charge >= 0.3 is 5.97 Å². The van der Waals surface area contributed by atoms with Gasteiger partial charge in [0.25, 0.3) is 0 Å². The lowest BCUT2D eigenvalue weighted by atomic mass is 9.70. The fourth-order valence-corrected chi connectivity index (χ4v) is 4.78. The number of hydrogen-bond donors (Lipinski definition) is 1. The molecule has 0 spiro atoms. The summed E-state index contributed by atoms with van der Waals surface area (Å²) in [5, 5.41) is 9.67. The van der Waals surface area contributed by atoms with Crippen molar-refractivity contribution in [2.75, 3.05) is 13.6 Å². The van der Waals surface area contributed by atoms with E-state index in [1.807, 2.05) is 11.9 Å². The zero-order chi connectivity index (χ0) is 14.7. The predicted molar refractivity (Wildman–Crippen MR) is 76.2 cm³/mol. The van der Waals surface area contributed by atoms with Crippen molar-refractivity contribution in [3.05, 3.63) is 0 Å². The Labute approximate surface area is 121 Å². The lowest BCUT2D eigenvalue weighted by Crippen LogP contribution is -2.42. The van der Waals surface area contributed by atoms with Gasteiger partial charge in [0.1, 0.15) is 12.1 Å². The van der Waals surface area contributed by atoms with Crippen LogP contribution in [0.25, 0.3) is 0 Å². The molecule has 5 atom stereocenters. The molecular formula is C16H27NO3. The van der Waals surface area contributed by atoms with Gasteiger partial charge in [-0.15, -0.1) is 0 Å². The molecular weight excluding hydrogens is 254 g/mol. The number of rotatable bonds is 2. The van der Waals surface area contributed by atoms with Crippen LogP contribution in [0.5, 0.6) is 0 Å². The summed E-state index contributed by atoms with van der Waals surface area (Å²) in [7, 11) is 1.88. The first-order valence-corrected chi connectivity index (χ1v) is 7.84. The van der Waals surface area contributed by atoms with Crippen molar-refractivity contribution in [3.8, 4) is 0 Å². The van der Waals surface area contributed by atoms with E-state index in [0.717, 1.165) is 12.8 Å². The fraction of sp³-hybridized carbons (Fsp3) is 0.938. The van der Waals surface area contributed by atoms with E-state index in [4.69, 9.17) is 4.74 Å². The van der Waals surface area contributed by atoms with Crippen molar-refractivity contribution in [2.45, 2.75) is 64.7 Å². The maximum Gasteiger partial charge on any atom is 0.323 e. The highest BCUT2D eigenvalue weighted by Gasteiger charge is 2.63. The molecule has 0 aromatic heterocycles. The third-order valence-corrected chi connectivity index (χ3v) is 6.77. The second-order valence-electron chi connectivity index (χ2n) is 7.88. The highest BCUT2D eigenvalue weighted by Crippen LogP contribution is 2.66. The Balaban J connectivity index is 1.69. The molecule has 3 fully saturated rings. The molecule has 1 aliphatic heterocycles. The monoisotopic (exact) mass is 281 g/mol. The van der Waals surface area contributed by atoms with Crippen LogP contribution in [0.4, 0.5) is 0 Å². The average Bonchev–Trinajstić information content (AvgIpc) is 2.86. The van der Waals surface area contributed by atoms with Crippen LogP contribution in [0, 0.1) is 16.7 Å². The molecule has 1 N–H and O–H groups in total. The van der Waals surface area contributed by atoms with E-state index < -0.39 is 6.10 Å². The number of likely N-dealkylation sites (tertiary alicyclic amines) is 1. The van der Waals surface area contributed by atoms with E-state index in [2.05, 4.69) is 20.8 Å². The molecule has 2 bridgehead atoms. The predicted octanol–water partition coefficient (Wildman–Crippen LogP) is 1.81. The Morgan fingerprint density at radius 1 is 1.30 bits per heavy atom. The van der Waals surface area contributed by atoms with Crippen molar-refractivity contribution in [3.63, 3.8) is 0 Å². The van der Waals surface area contributed by atoms with Gasteiger partial charge in [0.2, 0.25) is 0 Å². The van der Waals surface area contributed by atoms with Gasteiger partial charge in [-0.1, -0.05) is 20.8 Å². The number of likely N-dealkylation sites (N-methyl/N-ethyl adjacent to an activating group) is 1. The molecule has 1 heterocycles. The Bertz CT molecular complexity index is 422. The van der Waals surface area contributed by atoms with Crippen molar-refractivity contribution >= 4 is 5.97 Å². The molecule has 5 unspecified atom stereocenters. The van der Waals surface area contributed by atoms with Crippen molar-refractivity contribution in [1.82, 2.24) is 4.90 Å².